The van der Waals surface area contributed by atoms with E-state index in [4.69, 9.17) is 9.15 Å². The van der Waals surface area contributed by atoms with E-state index in [1.807, 2.05) is 31.2 Å². The summed E-state index contributed by atoms with van der Waals surface area (Å²) >= 11 is 0. The van der Waals surface area contributed by atoms with Crippen LogP contribution >= 0.6 is 0 Å². The largest absolute Gasteiger partial charge is 0.452 e. The first-order chi connectivity index (χ1) is 12.6. The molecule has 1 aromatic heterocycles. The fourth-order valence-corrected chi connectivity index (χ4v) is 2.38. The molecule has 1 N–H and O–H groups in total. The van der Waals surface area contributed by atoms with E-state index in [1.165, 1.54) is 7.05 Å². The molecule has 0 saturated carbocycles. The molecule has 1 amide bonds. The first-order valence-electron chi connectivity index (χ1n) is 8.08. The van der Waals surface area contributed by atoms with E-state index in [0.29, 0.717) is 17.2 Å². The molecular formula is C20H18N2O4. The molecule has 0 aliphatic heterocycles. The SMILES string of the molecule is CNC(=O)COC(=O)c1ccccc1-c1ncc(-c2ccc(C)cc2)o1. The first-order valence-corrected chi connectivity index (χ1v) is 8.08. The molecule has 3 rings (SSSR count). The van der Waals surface area contributed by atoms with Gasteiger partial charge in [0.2, 0.25) is 5.89 Å². The number of oxazole rings is 1. The number of hydrogen-bond donors (Lipinski definition) is 1. The normalized spacial score (nSPS) is 10.4. The molecule has 26 heavy (non-hydrogen) atoms. The molecule has 0 atom stereocenters. The molecule has 0 radical (unpaired) electrons. The Morgan fingerprint density at radius 2 is 1.85 bits per heavy atom. The predicted octanol–water partition coefficient (Wildman–Crippen LogP) is 3.22. The Morgan fingerprint density at radius 1 is 1.12 bits per heavy atom. The van der Waals surface area contributed by atoms with Crippen LogP contribution in [0.15, 0.2) is 59.1 Å². The van der Waals surface area contributed by atoms with Crippen LogP contribution in [0.25, 0.3) is 22.8 Å². The number of rotatable bonds is 5. The third kappa shape index (κ3) is 3.80. The fraction of sp³-hybridized carbons (Fsp3) is 0.150. The molecule has 6 heteroatoms. The van der Waals surface area contributed by atoms with Crippen molar-refractivity contribution in [2.45, 2.75) is 6.92 Å². The Labute approximate surface area is 150 Å². The van der Waals surface area contributed by atoms with Gasteiger partial charge in [-0.3, -0.25) is 4.79 Å². The minimum Gasteiger partial charge on any atom is -0.452 e. The van der Waals surface area contributed by atoms with Gasteiger partial charge in [-0.25, -0.2) is 9.78 Å². The van der Waals surface area contributed by atoms with Crippen LogP contribution in [0.1, 0.15) is 15.9 Å². The van der Waals surface area contributed by atoms with Gasteiger partial charge in [-0.05, 0) is 19.1 Å². The Hall–Kier alpha value is -3.41. The Bertz CT molecular complexity index is 929. The lowest BCUT2D eigenvalue weighted by Crippen LogP contribution is -2.25. The summed E-state index contributed by atoms with van der Waals surface area (Å²) in [5.74, 6) is -0.0745. The quantitative estimate of drug-likeness (QED) is 0.715. The standard InChI is InChI=1S/C20H18N2O4/c1-13-7-9-14(10-8-13)17-11-22-19(26-17)15-5-3-4-6-16(15)20(24)25-12-18(23)21-2/h3-11H,12H2,1-2H3,(H,21,23). The van der Waals surface area contributed by atoms with Crippen molar-refractivity contribution in [2.24, 2.45) is 0 Å². The lowest BCUT2D eigenvalue weighted by molar-refractivity contribution is -0.123. The Kier molecular flexibility index (Phi) is 5.12. The number of hydrogen-bond acceptors (Lipinski definition) is 5. The number of ether oxygens (including phenoxy) is 1. The molecule has 0 fully saturated rings. The molecule has 0 aliphatic carbocycles. The zero-order valence-corrected chi connectivity index (χ0v) is 14.5. The van der Waals surface area contributed by atoms with E-state index in [9.17, 15) is 9.59 Å². The molecule has 0 saturated heterocycles. The number of nitrogens with one attached hydrogen (secondary N) is 1. The third-order valence-corrected chi connectivity index (χ3v) is 3.83. The number of aromatic nitrogens is 1. The maximum Gasteiger partial charge on any atom is 0.339 e. The van der Waals surface area contributed by atoms with Crippen molar-refractivity contribution in [1.29, 1.82) is 0 Å². The van der Waals surface area contributed by atoms with Gasteiger partial charge in [0.15, 0.2) is 12.4 Å². The van der Waals surface area contributed by atoms with Crippen LogP contribution in [0, 0.1) is 6.92 Å². The van der Waals surface area contributed by atoms with Gasteiger partial charge < -0.3 is 14.5 Å². The Morgan fingerprint density at radius 3 is 2.58 bits per heavy atom. The maximum atomic E-state index is 12.3. The number of likely N-dealkylation sites (N-methyl/N-ethyl adjacent to an activating group) is 1. The zero-order chi connectivity index (χ0) is 18.5. The average molecular weight is 350 g/mol. The second-order valence-electron chi connectivity index (χ2n) is 5.69. The van der Waals surface area contributed by atoms with Gasteiger partial charge in [0.05, 0.1) is 17.3 Å². The monoisotopic (exact) mass is 350 g/mol. The maximum absolute atomic E-state index is 12.3. The number of carbonyl (C=O) groups excluding carboxylic acids is 2. The van der Waals surface area contributed by atoms with E-state index in [0.717, 1.165) is 11.1 Å². The summed E-state index contributed by atoms with van der Waals surface area (Å²) in [6.45, 7) is 1.67. The highest BCUT2D eigenvalue weighted by Gasteiger charge is 2.18. The van der Waals surface area contributed by atoms with Crippen molar-refractivity contribution in [3.8, 4) is 22.8 Å². The van der Waals surface area contributed by atoms with Crippen LogP contribution in [0.5, 0.6) is 0 Å². The molecule has 2 aromatic carbocycles. The minimum atomic E-state index is -0.612. The van der Waals surface area contributed by atoms with Gasteiger partial charge in [0, 0.05) is 12.6 Å². The second kappa shape index (κ2) is 7.65. The highest BCUT2D eigenvalue weighted by atomic mass is 16.5. The van der Waals surface area contributed by atoms with Gasteiger partial charge >= 0.3 is 5.97 Å². The van der Waals surface area contributed by atoms with Crippen LogP contribution in [-0.2, 0) is 9.53 Å². The topological polar surface area (TPSA) is 81.4 Å². The van der Waals surface area contributed by atoms with Gasteiger partial charge in [-0.2, -0.15) is 0 Å². The Balaban J connectivity index is 1.87. The third-order valence-electron chi connectivity index (χ3n) is 3.83. The fourth-order valence-electron chi connectivity index (χ4n) is 2.38. The highest BCUT2D eigenvalue weighted by molar-refractivity contribution is 5.97. The lowest BCUT2D eigenvalue weighted by Gasteiger charge is -2.07. The number of esters is 1. The van der Waals surface area contributed by atoms with E-state index in [2.05, 4.69) is 10.3 Å². The van der Waals surface area contributed by atoms with Crippen molar-refractivity contribution in [2.75, 3.05) is 13.7 Å². The molecule has 0 spiro atoms. The van der Waals surface area contributed by atoms with E-state index >= 15 is 0 Å². The first kappa shape index (κ1) is 17.4. The molecule has 132 valence electrons. The second-order valence-corrected chi connectivity index (χ2v) is 5.69. The zero-order valence-electron chi connectivity index (χ0n) is 14.5. The van der Waals surface area contributed by atoms with Crippen molar-refractivity contribution in [3.05, 3.63) is 65.9 Å². The minimum absolute atomic E-state index is 0.286. The number of benzene rings is 2. The van der Waals surface area contributed by atoms with E-state index in [-0.39, 0.29) is 18.1 Å². The highest BCUT2D eigenvalue weighted by Crippen LogP contribution is 2.28. The van der Waals surface area contributed by atoms with Gasteiger partial charge in [0.1, 0.15) is 0 Å². The average Bonchev–Trinajstić information content (AvgIpc) is 3.16. The summed E-state index contributed by atoms with van der Waals surface area (Å²) in [6, 6.07) is 14.7. The van der Waals surface area contributed by atoms with Crippen LogP contribution in [-0.4, -0.2) is 30.5 Å². The number of amides is 1. The summed E-state index contributed by atoms with van der Waals surface area (Å²) in [4.78, 5) is 27.9. The van der Waals surface area contributed by atoms with Crippen LogP contribution in [0.3, 0.4) is 0 Å². The van der Waals surface area contributed by atoms with E-state index < -0.39 is 5.97 Å². The summed E-state index contributed by atoms with van der Waals surface area (Å²) in [6.07, 6.45) is 1.62. The van der Waals surface area contributed by atoms with Gasteiger partial charge in [0.25, 0.3) is 5.91 Å². The molecular weight excluding hydrogens is 332 g/mol. The summed E-state index contributed by atoms with van der Waals surface area (Å²) in [5.41, 5.74) is 2.84. The van der Waals surface area contributed by atoms with Crippen molar-refractivity contribution < 1.29 is 18.7 Å². The number of aryl methyl sites for hydroxylation is 1. The summed E-state index contributed by atoms with van der Waals surface area (Å²) < 4.78 is 10.9. The van der Waals surface area contributed by atoms with Crippen LogP contribution in [0.2, 0.25) is 0 Å². The molecule has 0 unspecified atom stereocenters. The van der Waals surface area contributed by atoms with Gasteiger partial charge in [-0.15, -0.1) is 0 Å². The number of carbonyl (C=O) groups is 2. The predicted molar refractivity (Wildman–Crippen MR) is 96.5 cm³/mol. The summed E-state index contributed by atoms with van der Waals surface area (Å²) in [5, 5.41) is 2.40. The van der Waals surface area contributed by atoms with E-state index in [1.54, 1.807) is 30.5 Å². The molecule has 0 aliphatic rings. The lowest BCUT2D eigenvalue weighted by atomic mass is 10.1. The molecule has 1 heterocycles. The van der Waals surface area contributed by atoms with Crippen molar-refractivity contribution in [3.63, 3.8) is 0 Å². The smallest absolute Gasteiger partial charge is 0.339 e. The van der Waals surface area contributed by atoms with Gasteiger partial charge in [-0.1, -0.05) is 42.0 Å². The molecule has 3 aromatic rings. The van der Waals surface area contributed by atoms with Crippen molar-refractivity contribution in [1.82, 2.24) is 10.3 Å². The number of nitrogens with zero attached hydrogens (tertiary/aromatic N) is 1. The van der Waals surface area contributed by atoms with Crippen LogP contribution < -0.4 is 5.32 Å². The molecule has 6 nitrogen and oxygen atoms in total. The molecule has 0 bridgehead atoms. The van der Waals surface area contributed by atoms with Crippen molar-refractivity contribution >= 4 is 11.9 Å². The summed E-state index contributed by atoms with van der Waals surface area (Å²) in [7, 11) is 1.48. The van der Waals surface area contributed by atoms with Crippen LogP contribution in [0.4, 0.5) is 0 Å².